The van der Waals surface area contributed by atoms with Crippen LogP contribution >= 0.6 is 0 Å². The molecule has 0 aromatic heterocycles. The monoisotopic (exact) mass is 718 g/mol. The lowest BCUT2D eigenvalue weighted by molar-refractivity contribution is -0.00133. The van der Waals surface area contributed by atoms with Crippen molar-refractivity contribution < 1.29 is 19.1 Å². The highest BCUT2D eigenvalue weighted by Crippen LogP contribution is 2.39. The van der Waals surface area contributed by atoms with Crippen molar-refractivity contribution in [1.82, 2.24) is 0 Å². The summed E-state index contributed by atoms with van der Waals surface area (Å²) >= 11 is 0. The van der Waals surface area contributed by atoms with Crippen molar-refractivity contribution in [3.8, 4) is 22.3 Å². The number of esters is 2. The van der Waals surface area contributed by atoms with Crippen molar-refractivity contribution in [1.29, 1.82) is 0 Å². The fraction of sp³-hybridized carbons (Fsp3) is 0.360. The molecule has 0 radical (unpaired) electrons. The van der Waals surface area contributed by atoms with Gasteiger partial charge in [-0.15, -0.1) is 0 Å². The zero-order chi connectivity index (χ0) is 37.3. The molecular weight excluding hydrogens is 665 g/mol. The smallest absolute Gasteiger partial charge is 0.338 e. The third-order valence-corrected chi connectivity index (χ3v) is 12.3. The van der Waals surface area contributed by atoms with Crippen LogP contribution in [0.25, 0.3) is 22.3 Å². The molecule has 2 aliphatic carbocycles. The Morgan fingerprint density at radius 3 is 1.30 bits per heavy atom. The summed E-state index contributed by atoms with van der Waals surface area (Å²) in [4.78, 5) is 26.6. The lowest BCUT2D eigenvalue weighted by atomic mass is 9.77. The standard InChI is InChI=1S/C50H54O4/c1-3-35-10-14-37(15-11-35)39-18-22-41(23-19-39)43-26-30-46(31-27-43)49(51)53-34-48(45-8-6-5-7-9-45)54-50(52)47-32-28-44(29-33-47)42-24-20-40(21-25-42)38-16-12-36(4-2)13-17-38/h5-9,18-33,35-38,48H,3-4,10-17,34H2,1-2H3. The summed E-state index contributed by atoms with van der Waals surface area (Å²) in [5.74, 6) is 2.17. The summed E-state index contributed by atoms with van der Waals surface area (Å²) in [5.41, 5.74) is 8.87. The highest BCUT2D eigenvalue weighted by atomic mass is 16.6. The van der Waals surface area contributed by atoms with E-state index in [1.54, 1.807) is 24.3 Å². The van der Waals surface area contributed by atoms with Crippen LogP contribution in [0.2, 0.25) is 0 Å². The van der Waals surface area contributed by atoms with E-state index in [0.29, 0.717) is 23.0 Å². The fourth-order valence-electron chi connectivity index (χ4n) is 8.60. The zero-order valence-corrected chi connectivity index (χ0v) is 31.9. The average molecular weight is 719 g/mol. The Bertz CT molecular complexity index is 1930. The lowest BCUT2D eigenvalue weighted by Gasteiger charge is -2.28. The molecule has 2 aliphatic rings. The van der Waals surface area contributed by atoms with Gasteiger partial charge in [-0.05, 0) is 138 Å². The first kappa shape index (κ1) is 37.4. The minimum absolute atomic E-state index is 0.0947. The first-order valence-electron chi connectivity index (χ1n) is 20.3. The van der Waals surface area contributed by atoms with E-state index in [0.717, 1.165) is 39.7 Å². The number of ether oxygens (including phenoxy) is 2. The molecule has 4 nitrogen and oxygen atoms in total. The van der Waals surface area contributed by atoms with Crippen LogP contribution < -0.4 is 0 Å². The van der Waals surface area contributed by atoms with Gasteiger partial charge in [0.25, 0.3) is 0 Å². The van der Waals surface area contributed by atoms with Crippen LogP contribution in [0.3, 0.4) is 0 Å². The maximum atomic E-state index is 13.4. The van der Waals surface area contributed by atoms with Crippen LogP contribution in [-0.2, 0) is 9.47 Å². The molecule has 0 aliphatic heterocycles. The Morgan fingerprint density at radius 2 is 0.889 bits per heavy atom. The largest absolute Gasteiger partial charge is 0.458 e. The number of benzene rings is 5. The normalized spacial score (nSPS) is 20.5. The van der Waals surface area contributed by atoms with E-state index < -0.39 is 18.0 Å². The van der Waals surface area contributed by atoms with Crippen LogP contribution in [0.5, 0.6) is 0 Å². The molecular formula is C50H54O4. The van der Waals surface area contributed by atoms with Gasteiger partial charge in [0.15, 0.2) is 6.10 Å². The molecule has 1 atom stereocenters. The molecule has 0 amide bonds. The molecule has 2 saturated carbocycles. The van der Waals surface area contributed by atoms with E-state index in [2.05, 4.69) is 62.4 Å². The van der Waals surface area contributed by atoms with Crippen LogP contribution in [-0.4, -0.2) is 18.5 Å². The fourth-order valence-corrected chi connectivity index (χ4v) is 8.60. The molecule has 0 heterocycles. The molecule has 2 fully saturated rings. The predicted molar refractivity (Wildman–Crippen MR) is 219 cm³/mol. The highest BCUT2D eigenvalue weighted by Gasteiger charge is 2.24. The number of rotatable bonds is 12. The highest BCUT2D eigenvalue weighted by molar-refractivity contribution is 5.91. The van der Waals surface area contributed by atoms with Crippen molar-refractivity contribution in [3.05, 3.63) is 155 Å². The molecule has 0 N–H and O–H groups in total. The maximum Gasteiger partial charge on any atom is 0.338 e. The number of hydrogen-bond acceptors (Lipinski definition) is 4. The second-order valence-electron chi connectivity index (χ2n) is 15.6. The zero-order valence-electron chi connectivity index (χ0n) is 31.9. The molecule has 4 heteroatoms. The van der Waals surface area contributed by atoms with E-state index in [1.165, 1.54) is 75.3 Å². The Morgan fingerprint density at radius 1 is 0.500 bits per heavy atom. The second kappa shape index (κ2) is 17.9. The first-order valence-corrected chi connectivity index (χ1v) is 20.3. The van der Waals surface area contributed by atoms with E-state index >= 15 is 0 Å². The van der Waals surface area contributed by atoms with Gasteiger partial charge in [0.1, 0.15) is 6.61 Å². The van der Waals surface area contributed by atoms with Gasteiger partial charge in [-0.2, -0.15) is 0 Å². The Hall–Kier alpha value is -4.96. The summed E-state index contributed by atoms with van der Waals surface area (Å²) in [5, 5.41) is 0. The van der Waals surface area contributed by atoms with E-state index in [-0.39, 0.29) is 6.61 Å². The van der Waals surface area contributed by atoms with Crippen molar-refractivity contribution in [2.75, 3.05) is 6.61 Å². The SMILES string of the molecule is CCC1CCC(c2ccc(-c3ccc(C(=O)OCC(OC(=O)c4ccc(-c5ccc(C6CCC(CC)CC6)cc5)cc4)c4ccccc4)cc3)cc2)CC1. The summed E-state index contributed by atoms with van der Waals surface area (Å²) in [6, 6.07) is 42.3. The van der Waals surface area contributed by atoms with Gasteiger partial charge in [0.05, 0.1) is 11.1 Å². The molecule has 1 unspecified atom stereocenters. The average Bonchev–Trinajstić information content (AvgIpc) is 3.25. The van der Waals surface area contributed by atoms with Crippen LogP contribution in [0, 0.1) is 11.8 Å². The summed E-state index contributed by atoms with van der Waals surface area (Å²) < 4.78 is 11.7. The Balaban J connectivity index is 0.945. The summed E-state index contributed by atoms with van der Waals surface area (Å²) in [6.07, 6.45) is 12.3. The third kappa shape index (κ3) is 9.21. The number of carbonyl (C=O) groups excluding carboxylic acids is 2. The van der Waals surface area contributed by atoms with E-state index in [9.17, 15) is 9.59 Å². The van der Waals surface area contributed by atoms with Gasteiger partial charge in [0.2, 0.25) is 0 Å². The Labute approximate surface area is 321 Å². The Kier molecular flexibility index (Phi) is 12.4. The maximum absolute atomic E-state index is 13.4. The molecule has 54 heavy (non-hydrogen) atoms. The number of carbonyl (C=O) groups is 2. The van der Waals surface area contributed by atoms with Crippen LogP contribution in [0.4, 0.5) is 0 Å². The molecule has 0 saturated heterocycles. The molecule has 5 aromatic rings. The molecule has 5 aromatic carbocycles. The topological polar surface area (TPSA) is 52.6 Å². The minimum Gasteiger partial charge on any atom is -0.458 e. The van der Waals surface area contributed by atoms with Gasteiger partial charge < -0.3 is 9.47 Å². The second-order valence-corrected chi connectivity index (χ2v) is 15.6. The molecule has 0 spiro atoms. The van der Waals surface area contributed by atoms with Crippen molar-refractivity contribution in [2.24, 2.45) is 11.8 Å². The van der Waals surface area contributed by atoms with Gasteiger partial charge in [-0.3, -0.25) is 0 Å². The van der Waals surface area contributed by atoms with Crippen molar-refractivity contribution in [2.45, 2.75) is 96.0 Å². The van der Waals surface area contributed by atoms with E-state index in [4.69, 9.17) is 9.47 Å². The minimum atomic E-state index is -0.753. The molecule has 7 rings (SSSR count). The third-order valence-electron chi connectivity index (χ3n) is 12.3. The molecule has 0 bridgehead atoms. The van der Waals surface area contributed by atoms with Gasteiger partial charge in [0, 0.05) is 0 Å². The van der Waals surface area contributed by atoms with Gasteiger partial charge in [-0.25, -0.2) is 9.59 Å². The van der Waals surface area contributed by atoms with Crippen LogP contribution in [0.1, 0.15) is 133 Å². The number of hydrogen-bond donors (Lipinski definition) is 0. The van der Waals surface area contributed by atoms with Crippen LogP contribution in [0.15, 0.2) is 127 Å². The predicted octanol–water partition coefficient (Wildman–Crippen LogP) is 13.1. The van der Waals surface area contributed by atoms with Crippen molar-refractivity contribution in [3.63, 3.8) is 0 Å². The lowest BCUT2D eigenvalue weighted by Crippen LogP contribution is -2.19. The summed E-state index contributed by atoms with van der Waals surface area (Å²) in [7, 11) is 0. The first-order chi connectivity index (χ1) is 26.5. The van der Waals surface area contributed by atoms with Gasteiger partial charge >= 0.3 is 11.9 Å². The van der Waals surface area contributed by atoms with Gasteiger partial charge in [-0.1, -0.05) is 130 Å². The van der Waals surface area contributed by atoms with Crippen molar-refractivity contribution >= 4 is 11.9 Å². The van der Waals surface area contributed by atoms with E-state index in [1.807, 2.05) is 54.6 Å². The quantitative estimate of drug-likeness (QED) is 0.121. The summed E-state index contributed by atoms with van der Waals surface area (Å²) in [6.45, 7) is 4.52. The molecule has 278 valence electrons.